The van der Waals surface area contributed by atoms with Crippen LogP contribution in [-0.2, 0) is 6.42 Å². The van der Waals surface area contributed by atoms with Gasteiger partial charge in [0.15, 0.2) is 0 Å². The molecule has 4 N–H and O–H groups in total. The Morgan fingerprint density at radius 2 is 1.64 bits per heavy atom. The molecule has 0 aliphatic rings. The molecular formula is C18H31NO3. The molecule has 1 aromatic rings. The number of nitrogens with two attached hydrogens (primary N) is 1. The van der Waals surface area contributed by atoms with E-state index in [0.717, 1.165) is 30.8 Å². The second kappa shape index (κ2) is 10.6. The lowest BCUT2D eigenvalue weighted by molar-refractivity contribution is 0.115. The number of ether oxygens (including phenoxy) is 1. The van der Waals surface area contributed by atoms with Crippen molar-refractivity contribution in [2.75, 3.05) is 19.8 Å². The minimum Gasteiger partial charge on any atom is -0.494 e. The topological polar surface area (TPSA) is 75.7 Å². The molecule has 4 heteroatoms. The van der Waals surface area contributed by atoms with Gasteiger partial charge in [-0.15, -0.1) is 0 Å². The van der Waals surface area contributed by atoms with Crippen LogP contribution in [0.5, 0.6) is 5.75 Å². The highest BCUT2D eigenvalue weighted by Gasteiger charge is 2.22. The fourth-order valence-corrected chi connectivity index (χ4v) is 2.25. The molecule has 1 rings (SSSR count). The number of aryl methyl sites for hydroxylation is 1. The SMILES string of the molecule is CCCCCCCOc1ccc(CCC(N)(CO)CO)cc1. The van der Waals surface area contributed by atoms with Gasteiger partial charge < -0.3 is 20.7 Å². The van der Waals surface area contributed by atoms with Crippen molar-refractivity contribution in [2.24, 2.45) is 5.73 Å². The molecule has 1 aromatic carbocycles. The average molecular weight is 309 g/mol. The monoisotopic (exact) mass is 309 g/mol. The fraction of sp³-hybridized carbons (Fsp3) is 0.667. The van der Waals surface area contributed by atoms with Crippen LogP contribution < -0.4 is 10.5 Å². The number of unbranched alkanes of at least 4 members (excludes halogenated alkanes) is 4. The van der Waals surface area contributed by atoms with Crippen molar-refractivity contribution in [3.8, 4) is 5.75 Å². The maximum Gasteiger partial charge on any atom is 0.119 e. The Labute approximate surface area is 134 Å². The molecule has 0 fully saturated rings. The Balaban J connectivity index is 2.28. The number of hydrogen-bond donors (Lipinski definition) is 3. The predicted octanol–water partition coefficient (Wildman–Crippen LogP) is 2.65. The van der Waals surface area contributed by atoms with Gasteiger partial charge in [-0.05, 0) is 37.0 Å². The molecule has 0 saturated carbocycles. The van der Waals surface area contributed by atoms with Gasteiger partial charge in [-0.25, -0.2) is 0 Å². The van der Waals surface area contributed by atoms with Crippen LogP contribution in [-0.4, -0.2) is 35.6 Å². The van der Waals surface area contributed by atoms with Gasteiger partial charge in [0.05, 0.1) is 25.4 Å². The van der Waals surface area contributed by atoms with E-state index in [9.17, 15) is 10.2 Å². The second-order valence-corrected chi connectivity index (χ2v) is 6.09. The van der Waals surface area contributed by atoms with Crippen LogP contribution in [0.2, 0.25) is 0 Å². The second-order valence-electron chi connectivity index (χ2n) is 6.09. The van der Waals surface area contributed by atoms with E-state index in [1.807, 2.05) is 24.3 Å². The summed E-state index contributed by atoms with van der Waals surface area (Å²) in [5, 5.41) is 18.4. The van der Waals surface area contributed by atoms with Gasteiger partial charge in [0.25, 0.3) is 0 Å². The Bertz CT molecular complexity index is 388. The summed E-state index contributed by atoms with van der Waals surface area (Å²) in [7, 11) is 0. The summed E-state index contributed by atoms with van der Waals surface area (Å²) < 4.78 is 5.72. The zero-order chi connectivity index (χ0) is 16.3. The van der Waals surface area contributed by atoms with Crippen LogP contribution in [0, 0.1) is 0 Å². The van der Waals surface area contributed by atoms with E-state index >= 15 is 0 Å². The molecule has 0 amide bonds. The zero-order valence-corrected chi connectivity index (χ0v) is 13.8. The highest BCUT2D eigenvalue weighted by Crippen LogP contribution is 2.16. The third kappa shape index (κ3) is 7.25. The number of benzene rings is 1. The lowest BCUT2D eigenvalue weighted by atomic mass is 9.94. The lowest BCUT2D eigenvalue weighted by Gasteiger charge is -2.24. The first-order chi connectivity index (χ1) is 10.6. The molecule has 0 saturated heterocycles. The van der Waals surface area contributed by atoms with Crippen molar-refractivity contribution in [3.63, 3.8) is 0 Å². The van der Waals surface area contributed by atoms with E-state index in [1.54, 1.807) is 0 Å². The molecule has 126 valence electrons. The molecule has 0 heterocycles. The van der Waals surface area contributed by atoms with Gasteiger partial charge in [-0.3, -0.25) is 0 Å². The van der Waals surface area contributed by atoms with E-state index in [4.69, 9.17) is 10.5 Å². The van der Waals surface area contributed by atoms with E-state index in [2.05, 4.69) is 6.92 Å². The van der Waals surface area contributed by atoms with Crippen molar-refractivity contribution in [2.45, 2.75) is 57.4 Å². The van der Waals surface area contributed by atoms with Gasteiger partial charge in [-0.2, -0.15) is 0 Å². The molecule has 0 spiro atoms. The molecule has 0 bridgehead atoms. The van der Waals surface area contributed by atoms with Crippen molar-refractivity contribution in [3.05, 3.63) is 29.8 Å². The van der Waals surface area contributed by atoms with Crippen LogP contribution in [0.1, 0.15) is 51.0 Å². The van der Waals surface area contributed by atoms with E-state index < -0.39 is 5.54 Å². The average Bonchev–Trinajstić information content (AvgIpc) is 2.57. The first-order valence-corrected chi connectivity index (χ1v) is 8.36. The molecule has 0 radical (unpaired) electrons. The zero-order valence-electron chi connectivity index (χ0n) is 13.8. The Morgan fingerprint density at radius 3 is 2.23 bits per heavy atom. The van der Waals surface area contributed by atoms with E-state index in [0.29, 0.717) is 6.42 Å². The Morgan fingerprint density at radius 1 is 1.00 bits per heavy atom. The quantitative estimate of drug-likeness (QED) is 0.519. The minimum atomic E-state index is -0.895. The summed E-state index contributed by atoms with van der Waals surface area (Å²) in [6, 6.07) is 7.97. The first-order valence-electron chi connectivity index (χ1n) is 8.36. The van der Waals surface area contributed by atoms with E-state index in [1.165, 1.54) is 25.7 Å². The van der Waals surface area contributed by atoms with Crippen molar-refractivity contribution >= 4 is 0 Å². The summed E-state index contributed by atoms with van der Waals surface area (Å²) >= 11 is 0. The van der Waals surface area contributed by atoms with Crippen molar-refractivity contribution < 1.29 is 14.9 Å². The molecular weight excluding hydrogens is 278 g/mol. The smallest absolute Gasteiger partial charge is 0.119 e. The van der Waals surface area contributed by atoms with Gasteiger partial charge in [0, 0.05) is 0 Å². The van der Waals surface area contributed by atoms with Gasteiger partial charge in [0.1, 0.15) is 5.75 Å². The highest BCUT2D eigenvalue weighted by molar-refractivity contribution is 5.27. The number of aliphatic hydroxyl groups is 2. The lowest BCUT2D eigenvalue weighted by Crippen LogP contribution is -2.47. The maximum absolute atomic E-state index is 9.18. The first kappa shape index (κ1) is 18.9. The van der Waals surface area contributed by atoms with Crippen LogP contribution in [0.15, 0.2) is 24.3 Å². The summed E-state index contributed by atoms with van der Waals surface area (Å²) in [5.41, 5.74) is 6.10. The van der Waals surface area contributed by atoms with Crippen molar-refractivity contribution in [1.82, 2.24) is 0 Å². The molecule has 0 aromatic heterocycles. The van der Waals surface area contributed by atoms with Crippen LogP contribution in [0.4, 0.5) is 0 Å². The minimum absolute atomic E-state index is 0.206. The molecule has 22 heavy (non-hydrogen) atoms. The number of aliphatic hydroxyl groups excluding tert-OH is 2. The fourth-order valence-electron chi connectivity index (χ4n) is 2.25. The number of rotatable bonds is 12. The highest BCUT2D eigenvalue weighted by atomic mass is 16.5. The summed E-state index contributed by atoms with van der Waals surface area (Å²) in [4.78, 5) is 0. The van der Waals surface area contributed by atoms with Crippen LogP contribution in [0.3, 0.4) is 0 Å². The summed E-state index contributed by atoms with van der Waals surface area (Å²) in [5.74, 6) is 0.891. The summed E-state index contributed by atoms with van der Waals surface area (Å²) in [6.45, 7) is 2.57. The molecule has 0 aliphatic heterocycles. The van der Waals surface area contributed by atoms with E-state index in [-0.39, 0.29) is 13.2 Å². The Kier molecular flexibility index (Phi) is 9.13. The molecule has 0 atom stereocenters. The summed E-state index contributed by atoms with van der Waals surface area (Å²) in [6.07, 6.45) is 7.47. The van der Waals surface area contributed by atoms with Crippen molar-refractivity contribution in [1.29, 1.82) is 0 Å². The maximum atomic E-state index is 9.18. The molecule has 0 unspecified atom stereocenters. The third-order valence-electron chi connectivity index (χ3n) is 3.98. The van der Waals surface area contributed by atoms with Crippen LogP contribution >= 0.6 is 0 Å². The standard InChI is InChI=1S/C18H31NO3/c1-2-3-4-5-6-13-22-17-9-7-16(8-10-17)11-12-18(19,14-20)15-21/h7-10,20-21H,2-6,11-15,19H2,1H3. The van der Waals surface area contributed by atoms with Gasteiger partial charge in [0.2, 0.25) is 0 Å². The number of hydrogen-bond acceptors (Lipinski definition) is 4. The van der Waals surface area contributed by atoms with Crippen LogP contribution in [0.25, 0.3) is 0 Å². The van der Waals surface area contributed by atoms with Gasteiger partial charge >= 0.3 is 0 Å². The molecule has 0 aliphatic carbocycles. The third-order valence-corrected chi connectivity index (χ3v) is 3.98. The normalized spacial score (nSPS) is 11.6. The largest absolute Gasteiger partial charge is 0.494 e. The predicted molar refractivity (Wildman–Crippen MR) is 90.1 cm³/mol. The Hall–Kier alpha value is -1.10. The van der Waals surface area contributed by atoms with Gasteiger partial charge in [-0.1, -0.05) is 44.7 Å². The molecule has 4 nitrogen and oxygen atoms in total.